The highest BCUT2D eigenvalue weighted by molar-refractivity contribution is 5.62. The molecule has 1 aliphatic carbocycles. The van der Waals surface area contributed by atoms with Gasteiger partial charge in [0.15, 0.2) is 0 Å². The predicted molar refractivity (Wildman–Crippen MR) is 81.2 cm³/mol. The molecule has 0 spiro atoms. The van der Waals surface area contributed by atoms with Gasteiger partial charge >= 0.3 is 6.48 Å². The number of nitrogens with zero attached hydrogens (tertiary/aromatic N) is 1. The summed E-state index contributed by atoms with van der Waals surface area (Å²) in [5.41, 5.74) is 3.21. The van der Waals surface area contributed by atoms with E-state index in [0.717, 1.165) is 18.7 Å². The van der Waals surface area contributed by atoms with Crippen LogP contribution in [0, 0.1) is 0 Å². The Kier molecular flexibility index (Phi) is 2.67. The van der Waals surface area contributed by atoms with Crippen molar-refractivity contribution in [3.8, 4) is 5.75 Å². The maximum atomic E-state index is 13.3. The van der Waals surface area contributed by atoms with Crippen LogP contribution < -0.4 is 10.1 Å². The van der Waals surface area contributed by atoms with Crippen molar-refractivity contribution in [1.82, 2.24) is 4.90 Å². The number of anilines is 1. The van der Waals surface area contributed by atoms with Crippen molar-refractivity contribution in [2.45, 2.75) is 31.3 Å². The first-order chi connectivity index (χ1) is 10.1. The van der Waals surface area contributed by atoms with Crippen LogP contribution in [0.2, 0.25) is 0 Å². The van der Waals surface area contributed by atoms with E-state index in [-0.39, 0.29) is 5.41 Å². The molecule has 2 aliphatic heterocycles. The first-order valence-corrected chi connectivity index (χ1v) is 7.38. The highest BCUT2D eigenvalue weighted by Gasteiger charge is 2.46. The van der Waals surface area contributed by atoms with Crippen molar-refractivity contribution in [3.05, 3.63) is 47.6 Å². The second-order valence-corrected chi connectivity index (χ2v) is 6.25. The third-order valence-corrected chi connectivity index (χ3v) is 4.96. The van der Waals surface area contributed by atoms with Crippen LogP contribution in [-0.4, -0.2) is 31.0 Å². The van der Waals surface area contributed by atoms with Crippen LogP contribution in [0.5, 0.6) is 5.75 Å². The van der Waals surface area contributed by atoms with Crippen molar-refractivity contribution in [2.24, 2.45) is 0 Å². The smallest absolute Gasteiger partial charge is 0.318 e. The first kappa shape index (κ1) is 12.9. The fraction of sp³-hybridized carbons (Fsp3) is 0.412. The van der Waals surface area contributed by atoms with E-state index in [0.29, 0.717) is 11.8 Å². The van der Waals surface area contributed by atoms with Crippen molar-refractivity contribution in [1.29, 1.82) is 0 Å². The van der Waals surface area contributed by atoms with E-state index >= 15 is 0 Å². The second-order valence-electron chi connectivity index (χ2n) is 6.25. The van der Waals surface area contributed by atoms with E-state index in [9.17, 15) is 4.39 Å². The van der Waals surface area contributed by atoms with E-state index in [1.807, 2.05) is 12.1 Å². The predicted octanol–water partition coefficient (Wildman–Crippen LogP) is 3.20. The van der Waals surface area contributed by atoms with E-state index in [4.69, 9.17) is 4.74 Å². The summed E-state index contributed by atoms with van der Waals surface area (Å²) < 4.78 is 18.5. The number of hydrogen-bond donors (Lipinski definition) is 1. The molecule has 0 saturated carbocycles. The summed E-state index contributed by atoms with van der Waals surface area (Å²) in [6.45, 7) is 1.76. The van der Waals surface area contributed by atoms with Gasteiger partial charge in [0.2, 0.25) is 0 Å². The van der Waals surface area contributed by atoms with Gasteiger partial charge in [0, 0.05) is 11.5 Å². The van der Waals surface area contributed by atoms with Gasteiger partial charge in [0.25, 0.3) is 0 Å². The number of nitrogens with one attached hydrogen (secondary N) is 1. The highest BCUT2D eigenvalue weighted by atomic mass is 19.1. The number of fused-ring (bicyclic) bond motifs is 2. The lowest BCUT2D eigenvalue weighted by atomic mass is 9.71. The molecule has 3 nitrogen and oxygen atoms in total. The van der Waals surface area contributed by atoms with Gasteiger partial charge in [0.1, 0.15) is 5.75 Å². The Balaban J connectivity index is 1.79. The Morgan fingerprint density at radius 2 is 2.29 bits per heavy atom. The van der Waals surface area contributed by atoms with E-state index in [1.165, 1.54) is 11.1 Å². The lowest BCUT2D eigenvalue weighted by Gasteiger charge is -2.36. The van der Waals surface area contributed by atoms with Crippen LogP contribution in [0.1, 0.15) is 18.9 Å². The molecule has 1 fully saturated rings. The van der Waals surface area contributed by atoms with Crippen LogP contribution in [0.15, 0.2) is 42.0 Å². The lowest BCUT2D eigenvalue weighted by Crippen LogP contribution is -2.39. The number of rotatable bonds is 1. The summed E-state index contributed by atoms with van der Waals surface area (Å²) in [5.74, 6) is 0.613. The van der Waals surface area contributed by atoms with E-state index in [1.54, 1.807) is 0 Å². The number of likely N-dealkylation sites (N-methyl/N-ethyl adjacent to an activating group) is 1. The number of halogens is 1. The number of alkyl halides is 1. The third kappa shape index (κ3) is 1.82. The number of likely N-dealkylation sites (tertiary alicyclic amines) is 1. The first-order valence-electron chi connectivity index (χ1n) is 7.38. The topological polar surface area (TPSA) is 24.5 Å². The SMILES string of the molecule is CC1=C[C@@H]2N(C)CC[C@]2(c2ccc3c(c2)OC(F)N3)C=C1. The van der Waals surface area contributed by atoms with Crippen LogP contribution in [0.3, 0.4) is 0 Å². The average molecular weight is 286 g/mol. The van der Waals surface area contributed by atoms with Gasteiger partial charge in [-0.1, -0.05) is 29.9 Å². The van der Waals surface area contributed by atoms with Crippen LogP contribution in [0.25, 0.3) is 0 Å². The minimum atomic E-state index is -1.43. The van der Waals surface area contributed by atoms with Crippen LogP contribution >= 0.6 is 0 Å². The summed E-state index contributed by atoms with van der Waals surface area (Å²) in [7, 11) is 2.17. The molecule has 0 radical (unpaired) electrons. The standard InChI is InChI=1S/C17H19FN2O/c1-11-5-6-17(7-8-20(2)15(17)9-11)12-3-4-13-14(10-12)21-16(18)19-13/h3-6,9-10,15-16,19H,7-8H2,1-2H3/t15-,16?,17-/m0/s1. The van der Waals surface area contributed by atoms with Crippen molar-refractivity contribution < 1.29 is 9.13 Å². The monoisotopic (exact) mass is 286 g/mol. The second kappa shape index (κ2) is 4.34. The molecule has 4 heteroatoms. The van der Waals surface area contributed by atoms with E-state index in [2.05, 4.69) is 48.5 Å². The Bertz CT molecular complexity index is 654. The molecule has 1 aromatic carbocycles. The molecule has 0 bridgehead atoms. The quantitative estimate of drug-likeness (QED) is 0.802. The highest BCUT2D eigenvalue weighted by Crippen LogP contribution is 2.46. The minimum absolute atomic E-state index is 0.0267. The molecule has 4 rings (SSSR count). The maximum absolute atomic E-state index is 13.3. The van der Waals surface area contributed by atoms with Gasteiger partial charge < -0.3 is 10.1 Å². The normalized spacial score (nSPS) is 34.0. The van der Waals surface area contributed by atoms with Gasteiger partial charge in [0.05, 0.1) is 5.69 Å². The Morgan fingerprint density at radius 3 is 3.14 bits per heavy atom. The molecule has 0 aromatic heterocycles. The van der Waals surface area contributed by atoms with Crippen molar-refractivity contribution in [3.63, 3.8) is 0 Å². The average Bonchev–Trinajstić information content (AvgIpc) is 2.99. The zero-order valence-electron chi connectivity index (χ0n) is 12.3. The Morgan fingerprint density at radius 1 is 1.43 bits per heavy atom. The fourth-order valence-corrected chi connectivity index (χ4v) is 3.79. The maximum Gasteiger partial charge on any atom is 0.318 e. The number of hydrogen-bond acceptors (Lipinski definition) is 3. The molecule has 110 valence electrons. The molecule has 1 saturated heterocycles. The van der Waals surface area contributed by atoms with Gasteiger partial charge in [-0.15, -0.1) is 0 Å². The summed E-state index contributed by atoms with van der Waals surface area (Å²) in [6, 6.07) is 6.37. The molecule has 3 aliphatic rings. The summed E-state index contributed by atoms with van der Waals surface area (Å²) in [5, 5.41) is 2.67. The zero-order chi connectivity index (χ0) is 14.6. The van der Waals surface area contributed by atoms with Gasteiger partial charge in [-0.25, -0.2) is 0 Å². The fourth-order valence-electron chi connectivity index (χ4n) is 3.79. The molecular formula is C17H19FN2O. The minimum Gasteiger partial charge on any atom is -0.441 e. The Hall–Kier alpha value is -1.81. The molecule has 21 heavy (non-hydrogen) atoms. The molecule has 1 N–H and O–H groups in total. The lowest BCUT2D eigenvalue weighted by molar-refractivity contribution is 0.112. The molecule has 1 unspecified atom stereocenters. The number of allylic oxidation sites excluding steroid dienone is 2. The molecular weight excluding hydrogens is 267 g/mol. The van der Waals surface area contributed by atoms with Gasteiger partial charge in [-0.05, 0) is 44.6 Å². The largest absolute Gasteiger partial charge is 0.441 e. The molecule has 0 amide bonds. The molecule has 1 aromatic rings. The Labute approximate surface area is 124 Å². The summed E-state index contributed by atoms with van der Waals surface area (Å²) >= 11 is 0. The number of benzene rings is 1. The van der Waals surface area contributed by atoms with Gasteiger partial charge in [-0.3, -0.25) is 4.90 Å². The molecule has 2 heterocycles. The summed E-state index contributed by atoms with van der Waals surface area (Å²) in [6.07, 6.45) is 7.91. The summed E-state index contributed by atoms with van der Waals surface area (Å²) in [4.78, 5) is 2.39. The molecule has 3 atom stereocenters. The number of ether oxygens (including phenoxy) is 1. The van der Waals surface area contributed by atoms with Gasteiger partial charge in [-0.2, -0.15) is 4.39 Å². The van der Waals surface area contributed by atoms with Crippen molar-refractivity contribution >= 4 is 5.69 Å². The third-order valence-electron chi connectivity index (χ3n) is 4.96. The van der Waals surface area contributed by atoms with Crippen LogP contribution in [0.4, 0.5) is 10.1 Å². The van der Waals surface area contributed by atoms with Crippen molar-refractivity contribution in [2.75, 3.05) is 18.9 Å². The van der Waals surface area contributed by atoms with Crippen LogP contribution in [-0.2, 0) is 5.41 Å². The zero-order valence-corrected chi connectivity index (χ0v) is 12.3. The van der Waals surface area contributed by atoms with E-state index < -0.39 is 6.48 Å².